The number of aromatic nitrogens is 3. The van der Waals surface area contributed by atoms with E-state index in [1.807, 2.05) is 6.92 Å². The highest BCUT2D eigenvalue weighted by atomic mass is 16.5. The predicted molar refractivity (Wildman–Crippen MR) is 89.8 cm³/mol. The van der Waals surface area contributed by atoms with Crippen LogP contribution in [0.4, 0.5) is 5.82 Å². The largest absolute Gasteiger partial charge is 0.360 e. The van der Waals surface area contributed by atoms with E-state index in [9.17, 15) is 4.79 Å². The summed E-state index contributed by atoms with van der Waals surface area (Å²) >= 11 is 0. The normalized spacial score (nSPS) is 19.7. The number of carbonyl (C=O) groups is 1. The molecule has 0 aromatic carbocycles. The Hall–Kier alpha value is -2.26. The van der Waals surface area contributed by atoms with Crippen molar-refractivity contribution >= 4 is 11.7 Å². The molecule has 25 heavy (non-hydrogen) atoms. The lowest BCUT2D eigenvalue weighted by molar-refractivity contribution is -0.118. The van der Waals surface area contributed by atoms with Crippen LogP contribution in [0.15, 0.2) is 15.1 Å². The number of hydrogen-bond acceptors (Lipinski definition) is 8. The third-order valence-electron chi connectivity index (χ3n) is 4.20. The van der Waals surface area contributed by atoms with Crippen molar-refractivity contribution in [3.63, 3.8) is 0 Å². The number of anilines is 1. The Kier molecular flexibility index (Phi) is 5.44. The van der Waals surface area contributed by atoms with Gasteiger partial charge in [0.25, 0.3) is 0 Å². The van der Waals surface area contributed by atoms with Crippen molar-refractivity contribution in [2.45, 2.75) is 52.2 Å². The fraction of sp³-hybridized carbons (Fsp3) is 0.625. The lowest BCUT2D eigenvalue weighted by Gasteiger charge is -2.33. The number of likely N-dealkylation sites (tertiary alicyclic amines) is 1. The Bertz CT molecular complexity index is 712. The lowest BCUT2D eigenvalue weighted by Crippen LogP contribution is -2.51. The number of nitrogens with one attached hydrogen (secondary N) is 2. The molecule has 2 atom stereocenters. The van der Waals surface area contributed by atoms with Crippen LogP contribution >= 0.6 is 0 Å². The molecular weight excluding hydrogens is 324 g/mol. The first-order chi connectivity index (χ1) is 12.0. The van der Waals surface area contributed by atoms with Crippen molar-refractivity contribution < 1.29 is 13.8 Å². The molecule has 1 saturated heterocycles. The van der Waals surface area contributed by atoms with Crippen LogP contribution in [0.2, 0.25) is 0 Å². The number of rotatable bonds is 6. The number of carbonyl (C=O) groups excluding carboxylic acids is 1. The van der Waals surface area contributed by atoms with E-state index in [-0.39, 0.29) is 18.0 Å². The summed E-state index contributed by atoms with van der Waals surface area (Å²) in [6.07, 6.45) is 2.09. The maximum atomic E-state index is 12.3. The average Bonchev–Trinajstić information content (AvgIpc) is 3.16. The molecular formula is C16H24N6O3. The summed E-state index contributed by atoms with van der Waals surface area (Å²) in [6, 6.07) is 1.61. The molecule has 9 nitrogen and oxygen atoms in total. The third-order valence-corrected chi connectivity index (χ3v) is 4.20. The molecule has 2 aromatic heterocycles. The zero-order valence-corrected chi connectivity index (χ0v) is 14.8. The summed E-state index contributed by atoms with van der Waals surface area (Å²) in [5.74, 6) is 2.25. The maximum absolute atomic E-state index is 12.3. The van der Waals surface area contributed by atoms with Gasteiger partial charge in [0.1, 0.15) is 5.76 Å². The molecule has 2 unspecified atom stereocenters. The van der Waals surface area contributed by atoms with Gasteiger partial charge in [-0.1, -0.05) is 10.3 Å². The highest BCUT2D eigenvalue weighted by Crippen LogP contribution is 2.14. The summed E-state index contributed by atoms with van der Waals surface area (Å²) in [6.45, 7) is 7.91. The Labute approximate surface area is 146 Å². The first-order valence-electron chi connectivity index (χ1n) is 8.51. The topological polar surface area (TPSA) is 109 Å². The van der Waals surface area contributed by atoms with Gasteiger partial charge in [-0.3, -0.25) is 9.69 Å². The number of piperidine rings is 1. The molecule has 0 aliphatic carbocycles. The van der Waals surface area contributed by atoms with E-state index in [1.165, 1.54) is 0 Å². The minimum Gasteiger partial charge on any atom is -0.360 e. The van der Waals surface area contributed by atoms with Crippen LogP contribution in [0.3, 0.4) is 0 Å². The van der Waals surface area contributed by atoms with Gasteiger partial charge in [-0.25, -0.2) is 0 Å². The Morgan fingerprint density at radius 3 is 2.92 bits per heavy atom. The molecule has 1 fully saturated rings. The first kappa shape index (κ1) is 17.6. The zero-order chi connectivity index (χ0) is 17.8. The fourth-order valence-electron chi connectivity index (χ4n) is 3.03. The van der Waals surface area contributed by atoms with Gasteiger partial charge in [0.15, 0.2) is 11.6 Å². The van der Waals surface area contributed by atoms with Gasteiger partial charge >= 0.3 is 0 Å². The molecule has 1 aliphatic heterocycles. The van der Waals surface area contributed by atoms with E-state index in [4.69, 9.17) is 9.05 Å². The quantitative estimate of drug-likeness (QED) is 0.803. The number of hydrogen-bond donors (Lipinski definition) is 2. The van der Waals surface area contributed by atoms with Crippen LogP contribution in [-0.4, -0.2) is 51.3 Å². The Morgan fingerprint density at radius 1 is 1.40 bits per heavy atom. The molecule has 3 heterocycles. The van der Waals surface area contributed by atoms with Gasteiger partial charge in [0.2, 0.25) is 11.8 Å². The highest BCUT2D eigenvalue weighted by molar-refractivity contribution is 5.93. The van der Waals surface area contributed by atoms with E-state index in [0.717, 1.165) is 25.9 Å². The summed E-state index contributed by atoms with van der Waals surface area (Å²) in [4.78, 5) is 18.8. The molecule has 1 amide bonds. The van der Waals surface area contributed by atoms with Crippen molar-refractivity contribution in [1.29, 1.82) is 0 Å². The molecule has 3 rings (SSSR count). The van der Waals surface area contributed by atoms with E-state index < -0.39 is 0 Å². The van der Waals surface area contributed by atoms with Crippen LogP contribution in [-0.2, 0) is 11.3 Å². The predicted octanol–water partition coefficient (Wildman–Crippen LogP) is 1.26. The molecule has 9 heteroatoms. The second kappa shape index (κ2) is 7.75. The maximum Gasteiger partial charge on any atom is 0.242 e. The van der Waals surface area contributed by atoms with E-state index in [1.54, 1.807) is 19.9 Å². The molecule has 2 N–H and O–H groups in total. The number of nitrogens with zero attached hydrogens (tertiary/aromatic N) is 4. The van der Waals surface area contributed by atoms with Gasteiger partial charge in [0, 0.05) is 25.6 Å². The van der Waals surface area contributed by atoms with Gasteiger partial charge in [-0.15, -0.1) is 0 Å². The molecule has 0 bridgehead atoms. The van der Waals surface area contributed by atoms with Crippen LogP contribution in [0.1, 0.15) is 37.2 Å². The summed E-state index contributed by atoms with van der Waals surface area (Å²) < 4.78 is 9.97. The second-order valence-corrected chi connectivity index (χ2v) is 6.50. The van der Waals surface area contributed by atoms with E-state index >= 15 is 0 Å². The van der Waals surface area contributed by atoms with Gasteiger partial charge in [-0.2, -0.15) is 4.98 Å². The lowest BCUT2D eigenvalue weighted by atomic mass is 10.0. The SMILES string of the molecule is Cc1cc(NC(=O)C(C)NC2CCCN(Cc3noc(C)n3)C2)no1. The molecule has 0 radical (unpaired) electrons. The summed E-state index contributed by atoms with van der Waals surface area (Å²) in [7, 11) is 0. The van der Waals surface area contributed by atoms with Crippen molar-refractivity contribution in [1.82, 2.24) is 25.5 Å². The zero-order valence-electron chi connectivity index (χ0n) is 14.8. The third kappa shape index (κ3) is 4.86. The smallest absolute Gasteiger partial charge is 0.242 e. The van der Waals surface area contributed by atoms with Crippen LogP contribution in [0.25, 0.3) is 0 Å². The molecule has 0 saturated carbocycles. The minimum absolute atomic E-state index is 0.126. The highest BCUT2D eigenvalue weighted by Gasteiger charge is 2.24. The molecule has 1 aliphatic rings. The summed E-state index contributed by atoms with van der Waals surface area (Å²) in [5.41, 5.74) is 0. The van der Waals surface area contributed by atoms with Crippen LogP contribution in [0, 0.1) is 13.8 Å². The van der Waals surface area contributed by atoms with E-state index in [2.05, 4.69) is 30.8 Å². The van der Waals surface area contributed by atoms with Crippen molar-refractivity contribution in [2.75, 3.05) is 18.4 Å². The van der Waals surface area contributed by atoms with Crippen LogP contribution in [0.5, 0.6) is 0 Å². The Balaban J connectivity index is 1.48. The first-order valence-corrected chi connectivity index (χ1v) is 8.51. The van der Waals surface area contributed by atoms with Crippen LogP contribution < -0.4 is 10.6 Å². The number of aryl methyl sites for hydroxylation is 2. The second-order valence-electron chi connectivity index (χ2n) is 6.50. The standard InChI is InChI=1S/C16H24N6O3/c1-10-7-14(20-24-10)19-16(23)11(2)17-13-5-4-6-22(8-13)9-15-18-12(3)25-21-15/h7,11,13,17H,4-6,8-9H2,1-3H3,(H,19,20,23). The fourth-order valence-corrected chi connectivity index (χ4v) is 3.03. The van der Waals surface area contributed by atoms with Gasteiger partial charge in [-0.05, 0) is 33.2 Å². The average molecular weight is 348 g/mol. The van der Waals surface area contributed by atoms with Gasteiger partial charge < -0.3 is 19.7 Å². The Morgan fingerprint density at radius 2 is 2.24 bits per heavy atom. The summed E-state index contributed by atoms with van der Waals surface area (Å²) in [5, 5.41) is 13.9. The molecule has 2 aromatic rings. The minimum atomic E-state index is -0.325. The van der Waals surface area contributed by atoms with Gasteiger partial charge in [0.05, 0.1) is 12.6 Å². The van der Waals surface area contributed by atoms with Crippen molar-refractivity contribution in [3.05, 3.63) is 23.5 Å². The monoisotopic (exact) mass is 348 g/mol. The van der Waals surface area contributed by atoms with Crippen molar-refractivity contribution in [2.24, 2.45) is 0 Å². The van der Waals surface area contributed by atoms with Crippen molar-refractivity contribution in [3.8, 4) is 0 Å². The number of amides is 1. The molecule has 0 spiro atoms. The van der Waals surface area contributed by atoms with E-state index in [0.29, 0.717) is 29.8 Å². The molecule has 136 valence electrons.